The molecule has 0 aromatic heterocycles. The van der Waals surface area contributed by atoms with E-state index >= 15 is 0 Å². The molecule has 0 radical (unpaired) electrons. The summed E-state index contributed by atoms with van der Waals surface area (Å²) >= 11 is 0. The first kappa shape index (κ1) is 22.9. The number of ether oxygens (including phenoxy) is 1. The van der Waals surface area contributed by atoms with E-state index in [0.717, 1.165) is 31.9 Å². The van der Waals surface area contributed by atoms with Gasteiger partial charge in [0, 0.05) is 54.7 Å². The molecule has 0 bridgehead atoms. The lowest BCUT2D eigenvalue weighted by Crippen LogP contribution is -2.44. The number of anilines is 2. The van der Waals surface area contributed by atoms with Gasteiger partial charge in [-0.3, -0.25) is 4.79 Å². The highest BCUT2D eigenvalue weighted by atomic mass is 16.5. The molecule has 1 fully saturated rings. The van der Waals surface area contributed by atoms with Crippen LogP contribution in [0.5, 0.6) is 5.75 Å². The Bertz CT molecular complexity index is 1060. The maximum Gasteiger partial charge on any atom is 0.278 e. The minimum absolute atomic E-state index is 0.0649. The fourth-order valence-electron chi connectivity index (χ4n) is 3.28. The summed E-state index contributed by atoms with van der Waals surface area (Å²) in [6.45, 7) is 6.13. The van der Waals surface area contributed by atoms with E-state index in [4.69, 9.17) is 16.2 Å². The molecule has 1 amide bonds. The van der Waals surface area contributed by atoms with Crippen LogP contribution >= 0.6 is 0 Å². The first-order valence-electron chi connectivity index (χ1n) is 10.5. The fourth-order valence-corrected chi connectivity index (χ4v) is 3.28. The number of nitrogens with zero attached hydrogens (tertiary/aromatic N) is 3. The van der Waals surface area contributed by atoms with Crippen molar-refractivity contribution >= 4 is 23.1 Å². The van der Waals surface area contributed by atoms with Crippen LogP contribution in [0.15, 0.2) is 59.6 Å². The van der Waals surface area contributed by atoms with E-state index in [1.807, 2.05) is 25.1 Å². The molecule has 7 nitrogen and oxygen atoms in total. The summed E-state index contributed by atoms with van der Waals surface area (Å²) in [5, 5.41) is 0. The third-order valence-corrected chi connectivity index (χ3v) is 5.17. The van der Waals surface area contributed by atoms with Gasteiger partial charge < -0.3 is 26.0 Å². The Kier molecular flexibility index (Phi) is 7.90. The van der Waals surface area contributed by atoms with Crippen LogP contribution < -0.4 is 21.1 Å². The number of allylic oxidation sites excluding steroid dienone is 2. The van der Waals surface area contributed by atoms with E-state index < -0.39 is 5.91 Å². The number of carbonyl (C=O) groups is 1. The molecule has 1 saturated heterocycles. The third kappa shape index (κ3) is 6.13. The molecule has 1 aliphatic rings. The molecule has 0 saturated carbocycles. The number of aliphatic imine (C=N–C) groups is 1. The Morgan fingerprint density at radius 3 is 2.53 bits per heavy atom. The van der Waals surface area contributed by atoms with Gasteiger partial charge in [0.05, 0.1) is 0 Å². The molecule has 1 aliphatic heterocycles. The molecular formula is C25H29N5O2. The summed E-state index contributed by atoms with van der Waals surface area (Å²) in [7, 11) is 2.12. The van der Waals surface area contributed by atoms with Gasteiger partial charge in [0.15, 0.2) is 0 Å². The van der Waals surface area contributed by atoms with Crippen LogP contribution in [0.1, 0.15) is 22.8 Å². The number of likely N-dealkylation sites (N-methyl/N-ethyl adjacent to an activating group) is 1. The van der Waals surface area contributed by atoms with Crippen molar-refractivity contribution in [2.24, 2.45) is 10.7 Å². The molecule has 7 heteroatoms. The van der Waals surface area contributed by atoms with Gasteiger partial charge in [0.2, 0.25) is 0 Å². The number of amidine groups is 1. The SMILES string of the molecule is CC=CC#CCOc1ccc(C(N)=NC(=O)c2ccc(N3CCN(C)CC3)cc2)c(N)c1. The molecule has 0 unspecified atom stereocenters. The lowest BCUT2D eigenvalue weighted by Gasteiger charge is -2.34. The minimum Gasteiger partial charge on any atom is -0.481 e. The summed E-state index contributed by atoms with van der Waals surface area (Å²) in [5.41, 5.74) is 14.6. The number of rotatable bonds is 5. The van der Waals surface area contributed by atoms with Crippen molar-refractivity contribution in [3.05, 3.63) is 65.7 Å². The van der Waals surface area contributed by atoms with Crippen LogP contribution in [0.4, 0.5) is 11.4 Å². The van der Waals surface area contributed by atoms with Crippen molar-refractivity contribution in [3.8, 4) is 17.6 Å². The zero-order valence-electron chi connectivity index (χ0n) is 18.5. The minimum atomic E-state index is -0.411. The van der Waals surface area contributed by atoms with Gasteiger partial charge in [-0.15, -0.1) is 0 Å². The first-order chi connectivity index (χ1) is 15.5. The van der Waals surface area contributed by atoms with Crippen molar-refractivity contribution in [2.75, 3.05) is 50.5 Å². The summed E-state index contributed by atoms with van der Waals surface area (Å²) in [5.74, 6) is 5.93. The second-order valence-electron chi connectivity index (χ2n) is 7.50. The van der Waals surface area contributed by atoms with Crippen molar-refractivity contribution < 1.29 is 9.53 Å². The van der Waals surface area contributed by atoms with E-state index in [1.165, 1.54) is 0 Å². The van der Waals surface area contributed by atoms with Gasteiger partial charge in [-0.05, 0) is 56.4 Å². The van der Waals surface area contributed by atoms with Crippen LogP contribution in [0, 0.1) is 11.8 Å². The van der Waals surface area contributed by atoms with Crippen LogP contribution in [-0.2, 0) is 0 Å². The van der Waals surface area contributed by atoms with E-state index in [0.29, 0.717) is 22.6 Å². The molecule has 1 heterocycles. The van der Waals surface area contributed by atoms with Crippen LogP contribution in [0.2, 0.25) is 0 Å². The molecule has 166 valence electrons. The first-order valence-corrected chi connectivity index (χ1v) is 10.5. The molecule has 0 atom stereocenters. The lowest BCUT2D eigenvalue weighted by atomic mass is 10.1. The predicted molar refractivity (Wildman–Crippen MR) is 130 cm³/mol. The van der Waals surface area contributed by atoms with Crippen molar-refractivity contribution in [1.29, 1.82) is 0 Å². The number of hydrogen-bond donors (Lipinski definition) is 2. The zero-order valence-corrected chi connectivity index (χ0v) is 18.5. The highest BCUT2D eigenvalue weighted by molar-refractivity contribution is 6.11. The summed E-state index contributed by atoms with van der Waals surface area (Å²) < 4.78 is 5.54. The maximum absolute atomic E-state index is 12.6. The van der Waals surface area contributed by atoms with Crippen molar-refractivity contribution in [3.63, 3.8) is 0 Å². The number of hydrogen-bond acceptors (Lipinski definition) is 5. The monoisotopic (exact) mass is 431 g/mol. The van der Waals surface area contributed by atoms with Gasteiger partial charge in [-0.1, -0.05) is 17.9 Å². The standard InChI is InChI=1S/C25H29N5O2/c1-3-4-5-6-17-32-21-11-12-22(23(26)18-21)24(27)28-25(31)19-7-9-20(10-8-19)30-15-13-29(2)14-16-30/h3-4,7-12,18H,13-17,26H2,1-2H3,(H2,27,28,31). The van der Waals surface area contributed by atoms with E-state index in [1.54, 1.807) is 36.4 Å². The number of benzene rings is 2. The lowest BCUT2D eigenvalue weighted by molar-refractivity contribution is 0.100. The Hall–Kier alpha value is -3.76. The average Bonchev–Trinajstić information content (AvgIpc) is 2.79. The Balaban J connectivity index is 1.64. The molecule has 0 spiro atoms. The van der Waals surface area contributed by atoms with Gasteiger partial charge in [0.1, 0.15) is 18.2 Å². The highest BCUT2D eigenvalue weighted by Gasteiger charge is 2.15. The fraction of sp³-hybridized carbons (Fsp3) is 0.280. The second-order valence-corrected chi connectivity index (χ2v) is 7.50. The quantitative estimate of drug-likeness (QED) is 0.327. The highest BCUT2D eigenvalue weighted by Crippen LogP contribution is 2.21. The number of nitrogens with two attached hydrogens (primary N) is 2. The topological polar surface area (TPSA) is 97.2 Å². The number of nitrogen functional groups attached to an aromatic ring is 1. The zero-order chi connectivity index (χ0) is 22.9. The van der Waals surface area contributed by atoms with Crippen molar-refractivity contribution in [2.45, 2.75) is 6.92 Å². The van der Waals surface area contributed by atoms with E-state index in [-0.39, 0.29) is 12.4 Å². The largest absolute Gasteiger partial charge is 0.481 e. The molecule has 0 aliphatic carbocycles. The third-order valence-electron chi connectivity index (χ3n) is 5.17. The van der Waals surface area contributed by atoms with E-state index in [9.17, 15) is 4.79 Å². The molecule has 4 N–H and O–H groups in total. The molecule has 3 rings (SSSR count). The second kappa shape index (κ2) is 11.0. The van der Waals surface area contributed by atoms with E-state index in [2.05, 4.69) is 33.7 Å². The van der Waals surface area contributed by atoms with Crippen molar-refractivity contribution in [1.82, 2.24) is 4.90 Å². The molecule has 2 aromatic rings. The van der Waals surface area contributed by atoms with Gasteiger partial charge in [-0.25, -0.2) is 0 Å². The predicted octanol–water partition coefficient (Wildman–Crippen LogP) is 2.52. The van der Waals surface area contributed by atoms with Crippen LogP contribution in [0.25, 0.3) is 0 Å². The summed E-state index contributed by atoms with van der Waals surface area (Å²) in [6, 6.07) is 12.5. The Morgan fingerprint density at radius 1 is 1.16 bits per heavy atom. The Labute approximate surface area is 189 Å². The normalized spacial score (nSPS) is 14.8. The average molecular weight is 432 g/mol. The smallest absolute Gasteiger partial charge is 0.278 e. The Morgan fingerprint density at radius 2 is 1.88 bits per heavy atom. The maximum atomic E-state index is 12.6. The molecule has 32 heavy (non-hydrogen) atoms. The number of amides is 1. The molecular weight excluding hydrogens is 402 g/mol. The van der Waals surface area contributed by atoms with Crippen LogP contribution in [0.3, 0.4) is 0 Å². The van der Waals surface area contributed by atoms with Gasteiger partial charge in [0.25, 0.3) is 5.91 Å². The molecule has 2 aromatic carbocycles. The number of piperazine rings is 1. The summed E-state index contributed by atoms with van der Waals surface area (Å²) in [6.07, 6.45) is 3.60. The number of carbonyl (C=O) groups excluding carboxylic acids is 1. The van der Waals surface area contributed by atoms with Crippen LogP contribution in [-0.4, -0.2) is 56.5 Å². The van der Waals surface area contributed by atoms with Gasteiger partial charge >= 0.3 is 0 Å². The van der Waals surface area contributed by atoms with Gasteiger partial charge in [-0.2, -0.15) is 4.99 Å². The summed E-state index contributed by atoms with van der Waals surface area (Å²) in [4.78, 5) is 21.2.